The Morgan fingerprint density at radius 1 is 1.16 bits per heavy atom. The summed E-state index contributed by atoms with van der Waals surface area (Å²) in [6.07, 6.45) is 7.51. The summed E-state index contributed by atoms with van der Waals surface area (Å²) in [7, 11) is 0. The van der Waals surface area contributed by atoms with Crippen molar-refractivity contribution in [1.82, 2.24) is 15.3 Å². The molecule has 0 amide bonds. The first-order chi connectivity index (χ1) is 9.31. The molecule has 3 heteroatoms. The molecule has 19 heavy (non-hydrogen) atoms. The van der Waals surface area contributed by atoms with Crippen molar-refractivity contribution in [2.24, 2.45) is 0 Å². The number of rotatable bonds is 6. The number of benzene rings is 1. The summed E-state index contributed by atoms with van der Waals surface area (Å²) in [6.45, 7) is 5.25. The lowest BCUT2D eigenvalue weighted by Gasteiger charge is -2.18. The van der Waals surface area contributed by atoms with Crippen molar-refractivity contribution in [3.8, 4) is 0 Å². The third kappa shape index (κ3) is 3.86. The maximum Gasteiger partial charge on any atom is 0.115 e. The average Bonchev–Trinajstić information content (AvgIpc) is 2.46. The van der Waals surface area contributed by atoms with Crippen LogP contribution in [0.1, 0.15) is 36.1 Å². The van der Waals surface area contributed by atoms with Crippen LogP contribution in [0, 0.1) is 6.92 Å². The Balaban J connectivity index is 2.04. The van der Waals surface area contributed by atoms with E-state index in [-0.39, 0.29) is 0 Å². The normalized spacial score (nSPS) is 12.3. The predicted molar refractivity (Wildman–Crippen MR) is 77.9 cm³/mol. The maximum absolute atomic E-state index is 4.11. The maximum atomic E-state index is 4.11. The van der Waals surface area contributed by atoms with Gasteiger partial charge < -0.3 is 5.32 Å². The van der Waals surface area contributed by atoms with Crippen molar-refractivity contribution >= 4 is 0 Å². The summed E-state index contributed by atoms with van der Waals surface area (Å²) >= 11 is 0. The van der Waals surface area contributed by atoms with E-state index in [0.717, 1.165) is 24.9 Å². The van der Waals surface area contributed by atoms with Gasteiger partial charge in [-0.3, -0.25) is 0 Å². The molecule has 1 aromatic carbocycles. The van der Waals surface area contributed by atoms with Crippen LogP contribution in [0.15, 0.2) is 43.0 Å². The molecule has 0 spiro atoms. The molecule has 100 valence electrons. The first kappa shape index (κ1) is 13.7. The molecule has 0 bridgehead atoms. The van der Waals surface area contributed by atoms with Crippen LogP contribution in [-0.4, -0.2) is 16.5 Å². The van der Waals surface area contributed by atoms with Crippen LogP contribution in [-0.2, 0) is 6.42 Å². The molecule has 0 saturated carbocycles. The summed E-state index contributed by atoms with van der Waals surface area (Å²) in [5, 5.41) is 3.51. The summed E-state index contributed by atoms with van der Waals surface area (Å²) in [4.78, 5) is 8.22. The van der Waals surface area contributed by atoms with Gasteiger partial charge in [-0.15, -0.1) is 0 Å². The van der Waals surface area contributed by atoms with Crippen molar-refractivity contribution < 1.29 is 0 Å². The van der Waals surface area contributed by atoms with Gasteiger partial charge in [-0.2, -0.15) is 0 Å². The van der Waals surface area contributed by atoms with Crippen LogP contribution in [0.3, 0.4) is 0 Å². The lowest BCUT2D eigenvalue weighted by atomic mass is 9.98. The average molecular weight is 255 g/mol. The molecule has 2 aromatic rings. The van der Waals surface area contributed by atoms with Crippen molar-refractivity contribution in [1.29, 1.82) is 0 Å². The van der Waals surface area contributed by atoms with Gasteiger partial charge in [0.25, 0.3) is 0 Å². The second-order valence-corrected chi connectivity index (χ2v) is 4.75. The standard InChI is InChI=1S/C16H21N3/c1-3-19-16(15-10-17-12-18-11-15)9-8-14-7-5-4-6-13(14)2/h4-7,10-12,16,19H,3,8-9H2,1-2H3. The smallest absolute Gasteiger partial charge is 0.115 e. The fourth-order valence-corrected chi connectivity index (χ4v) is 2.31. The summed E-state index contributed by atoms with van der Waals surface area (Å²) in [5.41, 5.74) is 3.95. The van der Waals surface area contributed by atoms with E-state index in [4.69, 9.17) is 0 Å². The van der Waals surface area contributed by atoms with E-state index < -0.39 is 0 Å². The monoisotopic (exact) mass is 255 g/mol. The van der Waals surface area contributed by atoms with Crippen molar-refractivity contribution in [2.75, 3.05) is 6.54 Å². The zero-order valence-electron chi connectivity index (χ0n) is 11.6. The Kier molecular flexibility index (Phi) is 5.04. The van der Waals surface area contributed by atoms with Gasteiger partial charge in [0.1, 0.15) is 6.33 Å². The minimum absolute atomic E-state index is 0.325. The third-order valence-corrected chi connectivity index (χ3v) is 3.40. The molecule has 0 fully saturated rings. The molecule has 0 saturated heterocycles. The predicted octanol–water partition coefficient (Wildman–Crippen LogP) is 3.07. The van der Waals surface area contributed by atoms with E-state index in [1.54, 1.807) is 6.33 Å². The summed E-state index contributed by atoms with van der Waals surface area (Å²) < 4.78 is 0. The number of nitrogens with zero attached hydrogens (tertiary/aromatic N) is 2. The lowest BCUT2D eigenvalue weighted by Crippen LogP contribution is -2.21. The van der Waals surface area contributed by atoms with E-state index in [1.807, 2.05) is 12.4 Å². The Labute approximate surface area is 115 Å². The van der Waals surface area contributed by atoms with Gasteiger partial charge in [-0.05, 0) is 37.4 Å². The molecular weight excluding hydrogens is 234 g/mol. The second kappa shape index (κ2) is 7.00. The van der Waals surface area contributed by atoms with Crippen LogP contribution >= 0.6 is 0 Å². The van der Waals surface area contributed by atoms with Gasteiger partial charge in [0.2, 0.25) is 0 Å². The highest BCUT2D eigenvalue weighted by atomic mass is 14.9. The Bertz CT molecular complexity index is 496. The Hall–Kier alpha value is -1.74. The number of hydrogen-bond donors (Lipinski definition) is 1. The zero-order chi connectivity index (χ0) is 13.5. The van der Waals surface area contributed by atoms with Crippen LogP contribution in [0.4, 0.5) is 0 Å². The number of nitrogens with one attached hydrogen (secondary N) is 1. The van der Waals surface area contributed by atoms with Gasteiger partial charge in [-0.1, -0.05) is 31.2 Å². The Morgan fingerprint density at radius 2 is 1.89 bits per heavy atom. The van der Waals surface area contributed by atoms with Crippen LogP contribution in [0.2, 0.25) is 0 Å². The van der Waals surface area contributed by atoms with E-state index in [0.29, 0.717) is 6.04 Å². The number of aryl methyl sites for hydroxylation is 2. The molecule has 1 N–H and O–H groups in total. The lowest BCUT2D eigenvalue weighted by molar-refractivity contribution is 0.512. The highest BCUT2D eigenvalue weighted by Crippen LogP contribution is 2.19. The van der Waals surface area contributed by atoms with Gasteiger partial charge in [0, 0.05) is 24.0 Å². The first-order valence-electron chi connectivity index (χ1n) is 6.84. The molecule has 0 aliphatic carbocycles. The van der Waals surface area contributed by atoms with E-state index >= 15 is 0 Å². The molecule has 1 aromatic heterocycles. The van der Waals surface area contributed by atoms with Gasteiger partial charge >= 0.3 is 0 Å². The minimum atomic E-state index is 0.325. The quantitative estimate of drug-likeness (QED) is 0.862. The SMILES string of the molecule is CCNC(CCc1ccccc1C)c1cncnc1. The summed E-state index contributed by atoms with van der Waals surface area (Å²) in [5.74, 6) is 0. The first-order valence-corrected chi connectivity index (χ1v) is 6.84. The molecule has 2 rings (SSSR count). The number of hydrogen-bond acceptors (Lipinski definition) is 3. The molecule has 0 aliphatic rings. The minimum Gasteiger partial charge on any atom is -0.310 e. The van der Waals surface area contributed by atoms with Crippen LogP contribution < -0.4 is 5.32 Å². The van der Waals surface area contributed by atoms with Crippen molar-refractivity contribution in [3.63, 3.8) is 0 Å². The van der Waals surface area contributed by atoms with Crippen LogP contribution in [0.5, 0.6) is 0 Å². The van der Waals surface area contributed by atoms with E-state index in [1.165, 1.54) is 11.1 Å². The van der Waals surface area contributed by atoms with E-state index in [9.17, 15) is 0 Å². The van der Waals surface area contributed by atoms with Gasteiger partial charge in [0.05, 0.1) is 0 Å². The second-order valence-electron chi connectivity index (χ2n) is 4.75. The highest BCUT2D eigenvalue weighted by Gasteiger charge is 2.11. The molecule has 1 atom stereocenters. The molecule has 1 unspecified atom stereocenters. The molecular formula is C16H21N3. The molecule has 3 nitrogen and oxygen atoms in total. The topological polar surface area (TPSA) is 37.8 Å². The van der Waals surface area contributed by atoms with E-state index in [2.05, 4.69) is 53.4 Å². The Morgan fingerprint density at radius 3 is 2.58 bits per heavy atom. The summed E-state index contributed by atoms with van der Waals surface area (Å²) in [6, 6.07) is 8.90. The van der Waals surface area contributed by atoms with Crippen molar-refractivity contribution in [2.45, 2.75) is 32.7 Å². The third-order valence-electron chi connectivity index (χ3n) is 3.40. The van der Waals surface area contributed by atoms with Gasteiger partial charge in [0.15, 0.2) is 0 Å². The fourth-order valence-electron chi connectivity index (χ4n) is 2.31. The highest BCUT2D eigenvalue weighted by molar-refractivity contribution is 5.26. The molecule has 0 radical (unpaired) electrons. The van der Waals surface area contributed by atoms with Crippen molar-refractivity contribution in [3.05, 3.63) is 59.7 Å². The zero-order valence-corrected chi connectivity index (χ0v) is 11.6. The molecule has 0 aliphatic heterocycles. The van der Waals surface area contributed by atoms with Crippen LogP contribution in [0.25, 0.3) is 0 Å². The largest absolute Gasteiger partial charge is 0.310 e. The van der Waals surface area contributed by atoms with Gasteiger partial charge in [-0.25, -0.2) is 9.97 Å². The fraction of sp³-hybridized carbons (Fsp3) is 0.375. The molecule has 1 heterocycles. The number of aromatic nitrogens is 2.